The lowest BCUT2D eigenvalue weighted by Gasteiger charge is -2.29. The summed E-state index contributed by atoms with van der Waals surface area (Å²) in [5.41, 5.74) is 5.07. The molecule has 31 heavy (non-hydrogen) atoms. The number of carboxylic acid groups (broad SMARTS) is 1. The van der Waals surface area contributed by atoms with Gasteiger partial charge in [-0.05, 0) is 75.4 Å². The van der Waals surface area contributed by atoms with Gasteiger partial charge in [0.05, 0.1) is 17.0 Å². The smallest absolute Gasteiger partial charge is 0.306 e. The van der Waals surface area contributed by atoms with Gasteiger partial charge in [0.1, 0.15) is 5.82 Å². The van der Waals surface area contributed by atoms with Crippen molar-refractivity contribution in [3.8, 4) is 0 Å². The number of rotatable bonds is 4. The monoisotopic (exact) mass is 422 g/mol. The molecule has 3 aromatic rings. The van der Waals surface area contributed by atoms with Crippen LogP contribution < -0.4 is 10.6 Å². The number of hydrogen-bond donors (Lipinski definition) is 3. The average molecular weight is 423 g/mol. The Morgan fingerprint density at radius 2 is 2.00 bits per heavy atom. The molecule has 7 heteroatoms. The number of nitrogens with one attached hydrogen (secondary N) is 2. The second-order valence-electron chi connectivity index (χ2n) is 8.84. The van der Waals surface area contributed by atoms with Gasteiger partial charge in [-0.1, -0.05) is 6.42 Å². The Morgan fingerprint density at radius 1 is 1.19 bits per heavy atom. The molecule has 0 radical (unpaired) electrons. The summed E-state index contributed by atoms with van der Waals surface area (Å²) in [5.74, 6) is -0.665. The summed E-state index contributed by atoms with van der Waals surface area (Å²) in [6.07, 6.45) is 5.10. The lowest BCUT2D eigenvalue weighted by molar-refractivity contribution is -0.143. The van der Waals surface area contributed by atoms with Gasteiger partial charge in [-0.2, -0.15) is 0 Å². The minimum absolute atomic E-state index is 0.0521. The zero-order valence-corrected chi connectivity index (χ0v) is 17.6. The SMILES string of the molecule is C[C@H]1CCc2c(ccc3c2nc(Nc2ccc(F)cc2)n3[C@@H]2CCC[C@@H](C(=O)O)C2)N1. The number of fused-ring (bicyclic) bond motifs is 3. The quantitative estimate of drug-likeness (QED) is 0.519. The van der Waals surface area contributed by atoms with E-state index in [9.17, 15) is 14.3 Å². The largest absolute Gasteiger partial charge is 0.481 e. The number of imidazole rings is 1. The number of benzene rings is 2. The number of hydrogen-bond acceptors (Lipinski definition) is 4. The molecule has 3 N–H and O–H groups in total. The Balaban J connectivity index is 1.61. The molecule has 1 aliphatic heterocycles. The van der Waals surface area contributed by atoms with E-state index in [2.05, 4.69) is 34.3 Å². The molecule has 1 aromatic heterocycles. The van der Waals surface area contributed by atoms with Gasteiger partial charge >= 0.3 is 5.97 Å². The van der Waals surface area contributed by atoms with Crippen molar-refractivity contribution in [2.45, 2.75) is 57.5 Å². The molecule has 1 aliphatic carbocycles. The fraction of sp³-hybridized carbons (Fsp3) is 0.417. The molecule has 6 nitrogen and oxygen atoms in total. The molecule has 5 rings (SSSR count). The van der Waals surface area contributed by atoms with Crippen LogP contribution in [-0.4, -0.2) is 26.7 Å². The third kappa shape index (κ3) is 3.73. The predicted molar refractivity (Wildman–Crippen MR) is 119 cm³/mol. The lowest BCUT2D eigenvalue weighted by Crippen LogP contribution is -2.25. The van der Waals surface area contributed by atoms with Crippen LogP contribution in [0.2, 0.25) is 0 Å². The topological polar surface area (TPSA) is 79.2 Å². The molecule has 1 fully saturated rings. The molecule has 162 valence electrons. The van der Waals surface area contributed by atoms with Crippen LogP contribution in [0.25, 0.3) is 11.0 Å². The third-order valence-electron chi connectivity index (χ3n) is 6.66. The van der Waals surface area contributed by atoms with Crippen molar-refractivity contribution in [3.63, 3.8) is 0 Å². The van der Waals surface area contributed by atoms with E-state index in [1.54, 1.807) is 12.1 Å². The molecule has 3 atom stereocenters. The van der Waals surface area contributed by atoms with Crippen LogP contribution in [0, 0.1) is 11.7 Å². The van der Waals surface area contributed by atoms with Crippen molar-refractivity contribution >= 4 is 34.3 Å². The van der Waals surface area contributed by atoms with Crippen molar-refractivity contribution in [1.29, 1.82) is 0 Å². The maximum atomic E-state index is 13.4. The van der Waals surface area contributed by atoms with Gasteiger partial charge in [0.2, 0.25) is 5.95 Å². The van der Waals surface area contributed by atoms with E-state index in [4.69, 9.17) is 4.98 Å². The molecule has 0 bridgehead atoms. The van der Waals surface area contributed by atoms with E-state index < -0.39 is 5.97 Å². The van der Waals surface area contributed by atoms with Gasteiger partial charge in [0.25, 0.3) is 0 Å². The van der Waals surface area contributed by atoms with Crippen molar-refractivity contribution < 1.29 is 14.3 Å². The number of anilines is 3. The van der Waals surface area contributed by atoms with Crippen molar-refractivity contribution in [2.24, 2.45) is 5.92 Å². The van der Waals surface area contributed by atoms with Crippen LogP contribution in [0.1, 0.15) is 50.6 Å². The maximum absolute atomic E-state index is 13.4. The Kier molecular flexibility index (Phi) is 5.04. The highest BCUT2D eigenvalue weighted by atomic mass is 19.1. The number of halogens is 1. The van der Waals surface area contributed by atoms with E-state index >= 15 is 0 Å². The second-order valence-corrected chi connectivity index (χ2v) is 8.84. The van der Waals surface area contributed by atoms with Crippen LogP contribution in [0.5, 0.6) is 0 Å². The first-order valence-electron chi connectivity index (χ1n) is 11.1. The van der Waals surface area contributed by atoms with Crippen LogP contribution in [0.4, 0.5) is 21.7 Å². The van der Waals surface area contributed by atoms with Gasteiger partial charge in [-0.3, -0.25) is 4.79 Å². The van der Waals surface area contributed by atoms with Crippen molar-refractivity contribution in [3.05, 3.63) is 47.8 Å². The van der Waals surface area contributed by atoms with Crippen LogP contribution in [0.15, 0.2) is 36.4 Å². The Bertz CT molecular complexity index is 1120. The van der Waals surface area contributed by atoms with E-state index in [1.165, 1.54) is 17.7 Å². The fourth-order valence-electron chi connectivity index (χ4n) is 5.05. The minimum atomic E-state index is -0.724. The summed E-state index contributed by atoms with van der Waals surface area (Å²) in [5, 5.41) is 16.5. The van der Waals surface area contributed by atoms with Gasteiger partial charge in [-0.15, -0.1) is 0 Å². The first-order valence-corrected chi connectivity index (χ1v) is 11.1. The van der Waals surface area contributed by atoms with E-state index in [1.807, 2.05) is 0 Å². The molecular weight excluding hydrogens is 395 g/mol. The predicted octanol–water partition coefficient (Wildman–Crippen LogP) is 5.48. The van der Waals surface area contributed by atoms with Gasteiger partial charge in [0, 0.05) is 29.0 Å². The van der Waals surface area contributed by atoms with E-state index in [0.29, 0.717) is 18.4 Å². The summed E-state index contributed by atoms with van der Waals surface area (Å²) in [7, 11) is 0. The van der Waals surface area contributed by atoms with Crippen LogP contribution in [-0.2, 0) is 11.2 Å². The molecule has 2 aromatic carbocycles. The zero-order chi connectivity index (χ0) is 21.5. The highest BCUT2D eigenvalue weighted by Crippen LogP contribution is 2.40. The first-order chi connectivity index (χ1) is 15.0. The van der Waals surface area contributed by atoms with Crippen LogP contribution >= 0.6 is 0 Å². The number of aliphatic carboxylic acids is 1. The highest BCUT2D eigenvalue weighted by molar-refractivity contribution is 5.88. The van der Waals surface area contributed by atoms with Crippen LogP contribution in [0.3, 0.4) is 0 Å². The van der Waals surface area contributed by atoms with Crippen molar-refractivity contribution in [2.75, 3.05) is 10.6 Å². The number of carbonyl (C=O) groups is 1. The van der Waals surface area contributed by atoms with E-state index in [0.717, 1.165) is 54.5 Å². The fourth-order valence-corrected chi connectivity index (χ4v) is 5.05. The normalized spacial score (nSPS) is 23.2. The molecule has 1 saturated carbocycles. The summed E-state index contributed by atoms with van der Waals surface area (Å²) in [6, 6.07) is 10.9. The summed E-state index contributed by atoms with van der Waals surface area (Å²) >= 11 is 0. The Hall–Kier alpha value is -3.09. The minimum Gasteiger partial charge on any atom is -0.481 e. The molecular formula is C24H27FN4O2. The first kappa shape index (κ1) is 19.8. The van der Waals surface area contributed by atoms with E-state index in [-0.39, 0.29) is 17.8 Å². The Labute approximate surface area is 180 Å². The van der Waals surface area contributed by atoms with Gasteiger partial charge in [0.15, 0.2) is 0 Å². The Morgan fingerprint density at radius 3 is 2.77 bits per heavy atom. The average Bonchev–Trinajstić information content (AvgIpc) is 3.13. The second kappa shape index (κ2) is 7.87. The summed E-state index contributed by atoms with van der Waals surface area (Å²) in [6.45, 7) is 2.18. The number of aromatic nitrogens is 2. The van der Waals surface area contributed by atoms with Gasteiger partial charge < -0.3 is 20.3 Å². The lowest BCUT2D eigenvalue weighted by atomic mass is 9.85. The maximum Gasteiger partial charge on any atom is 0.306 e. The highest BCUT2D eigenvalue weighted by Gasteiger charge is 2.31. The molecule has 0 unspecified atom stereocenters. The molecule has 2 aliphatic rings. The molecule has 0 saturated heterocycles. The zero-order valence-electron chi connectivity index (χ0n) is 17.6. The summed E-state index contributed by atoms with van der Waals surface area (Å²) < 4.78 is 15.6. The third-order valence-corrected chi connectivity index (χ3v) is 6.66. The number of carboxylic acids is 1. The molecule has 0 spiro atoms. The molecule has 2 heterocycles. The number of aryl methyl sites for hydroxylation is 1. The standard InChI is InChI=1S/C24H27FN4O2/c1-14-5-10-19-20(26-14)11-12-21-22(19)28-24(27-17-8-6-16(25)7-9-17)29(21)18-4-2-3-15(13-18)23(30)31/h6-9,11-12,14-15,18,26H,2-5,10,13H2,1H3,(H,27,28)(H,30,31)/t14-,15+,18+/m0/s1. The van der Waals surface area contributed by atoms with Crippen molar-refractivity contribution in [1.82, 2.24) is 9.55 Å². The molecule has 0 amide bonds. The summed E-state index contributed by atoms with van der Waals surface area (Å²) in [4.78, 5) is 16.7. The van der Waals surface area contributed by atoms with Gasteiger partial charge in [-0.25, -0.2) is 9.37 Å². The number of nitrogens with zero attached hydrogens (tertiary/aromatic N) is 2.